The number of hydrogen-bond donors (Lipinski definition) is 1. The number of nitrogens with zero attached hydrogens (tertiary/aromatic N) is 1. The minimum atomic E-state index is -4.49. The number of aromatic nitrogens is 1. The molecule has 1 rings (SSSR count). The van der Waals surface area contributed by atoms with E-state index in [0.717, 1.165) is 0 Å². The predicted octanol–water partition coefficient (Wildman–Crippen LogP) is 1.78. The van der Waals surface area contributed by atoms with Gasteiger partial charge in [-0.1, -0.05) is 0 Å². The number of ether oxygens (including phenoxy) is 1. The Morgan fingerprint density at radius 1 is 1.31 bits per heavy atom. The maximum atomic E-state index is 11.7. The van der Waals surface area contributed by atoms with Crippen molar-refractivity contribution in [2.24, 2.45) is 0 Å². The zero-order valence-electron chi connectivity index (χ0n) is 8.33. The number of nitrogens with one attached hydrogen (secondary N) is 1. The molecule has 0 aromatic carbocycles. The van der Waals surface area contributed by atoms with Gasteiger partial charge < -0.3 is 14.6 Å². The highest BCUT2D eigenvalue weighted by Gasteiger charge is 2.29. The number of halogens is 3. The number of alkyl carbamates (subject to hydrolysis) is 1. The SMILES string of the molecule is O=C(NCCn1cccc1)OCC(F)(F)F. The van der Waals surface area contributed by atoms with Gasteiger partial charge >= 0.3 is 12.3 Å². The largest absolute Gasteiger partial charge is 0.440 e. The average Bonchev–Trinajstić information content (AvgIpc) is 2.66. The standard InChI is InChI=1S/C9H11F3N2O2/c10-9(11,12)7-16-8(15)13-3-6-14-4-1-2-5-14/h1-2,4-5H,3,6-7H2,(H,13,15). The van der Waals surface area contributed by atoms with E-state index in [1.54, 1.807) is 17.0 Å². The minimum absolute atomic E-state index is 0.214. The smallest absolute Gasteiger partial charge is 0.422 e. The second-order valence-electron chi connectivity index (χ2n) is 3.04. The molecule has 0 aliphatic carbocycles. The number of amides is 1. The summed E-state index contributed by atoms with van der Waals surface area (Å²) in [5.74, 6) is 0. The van der Waals surface area contributed by atoms with Crippen LogP contribution in [0.2, 0.25) is 0 Å². The highest BCUT2D eigenvalue weighted by molar-refractivity contribution is 5.67. The Balaban J connectivity index is 2.11. The van der Waals surface area contributed by atoms with E-state index >= 15 is 0 Å². The van der Waals surface area contributed by atoms with Crippen LogP contribution in [0.5, 0.6) is 0 Å². The summed E-state index contributed by atoms with van der Waals surface area (Å²) in [7, 11) is 0. The van der Waals surface area contributed by atoms with Crippen LogP contribution in [0.25, 0.3) is 0 Å². The Bertz CT molecular complexity index is 322. The molecule has 16 heavy (non-hydrogen) atoms. The van der Waals surface area contributed by atoms with Crippen molar-refractivity contribution in [2.45, 2.75) is 12.7 Å². The molecule has 1 aromatic rings. The summed E-state index contributed by atoms with van der Waals surface area (Å²) < 4.78 is 40.7. The van der Waals surface area contributed by atoms with Crippen molar-refractivity contribution >= 4 is 6.09 Å². The quantitative estimate of drug-likeness (QED) is 0.865. The molecule has 0 unspecified atom stereocenters. The number of carbonyl (C=O) groups excluding carboxylic acids is 1. The van der Waals surface area contributed by atoms with Gasteiger partial charge in [0.1, 0.15) is 0 Å². The van der Waals surface area contributed by atoms with Gasteiger partial charge in [0.2, 0.25) is 0 Å². The van der Waals surface area contributed by atoms with E-state index in [4.69, 9.17) is 0 Å². The van der Waals surface area contributed by atoms with Crippen LogP contribution < -0.4 is 5.32 Å². The molecule has 0 bridgehead atoms. The molecule has 0 atom stereocenters. The lowest BCUT2D eigenvalue weighted by Gasteiger charge is -2.09. The fourth-order valence-electron chi connectivity index (χ4n) is 1.00. The Labute approximate surface area is 90.0 Å². The third-order valence-corrected chi connectivity index (χ3v) is 1.67. The first-order chi connectivity index (χ1) is 7.47. The maximum Gasteiger partial charge on any atom is 0.422 e. The van der Waals surface area contributed by atoms with Gasteiger partial charge in [-0.25, -0.2) is 4.79 Å². The predicted molar refractivity (Wildman–Crippen MR) is 49.8 cm³/mol. The summed E-state index contributed by atoms with van der Waals surface area (Å²) in [6.07, 6.45) is -1.99. The fourth-order valence-corrected chi connectivity index (χ4v) is 1.00. The van der Waals surface area contributed by atoms with Gasteiger partial charge in [0.15, 0.2) is 6.61 Å². The molecule has 0 aliphatic rings. The van der Waals surface area contributed by atoms with E-state index in [-0.39, 0.29) is 6.54 Å². The minimum Gasteiger partial charge on any atom is -0.440 e. The van der Waals surface area contributed by atoms with Crippen LogP contribution in [0.1, 0.15) is 0 Å². The number of rotatable bonds is 4. The average molecular weight is 236 g/mol. The monoisotopic (exact) mass is 236 g/mol. The van der Waals surface area contributed by atoms with Crippen LogP contribution in [-0.2, 0) is 11.3 Å². The van der Waals surface area contributed by atoms with Gasteiger partial charge in [-0.15, -0.1) is 0 Å². The highest BCUT2D eigenvalue weighted by atomic mass is 19.4. The third-order valence-electron chi connectivity index (χ3n) is 1.67. The Kier molecular flexibility index (Phi) is 4.21. The number of carbonyl (C=O) groups is 1. The lowest BCUT2D eigenvalue weighted by Crippen LogP contribution is -2.31. The molecule has 4 nitrogen and oxygen atoms in total. The van der Waals surface area contributed by atoms with E-state index in [1.807, 2.05) is 12.1 Å². The molecule has 0 radical (unpaired) electrons. The van der Waals surface area contributed by atoms with Crippen molar-refractivity contribution in [3.05, 3.63) is 24.5 Å². The molecule has 0 fully saturated rings. The first-order valence-corrected chi connectivity index (χ1v) is 4.55. The first-order valence-electron chi connectivity index (χ1n) is 4.55. The van der Waals surface area contributed by atoms with Crippen LogP contribution in [0, 0.1) is 0 Å². The van der Waals surface area contributed by atoms with Gasteiger partial charge in [-0.3, -0.25) is 0 Å². The van der Waals surface area contributed by atoms with Crippen molar-refractivity contribution in [1.82, 2.24) is 9.88 Å². The van der Waals surface area contributed by atoms with Crippen LogP contribution in [-0.4, -0.2) is 30.0 Å². The Hall–Kier alpha value is -1.66. The summed E-state index contributed by atoms with van der Waals surface area (Å²) in [6, 6.07) is 3.62. The second kappa shape index (κ2) is 5.43. The summed E-state index contributed by atoms with van der Waals surface area (Å²) in [5, 5.41) is 2.21. The molecule has 90 valence electrons. The molecule has 1 amide bonds. The molecule has 1 aromatic heterocycles. The highest BCUT2D eigenvalue weighted by Crippen LogP contribution is 2.14. The van der Waals surface area contributed by atoms with Crippen molar-refractivity contribution in [3.63, 3.8) is 0 Å². The van der Waals surface area contributed by atoms with Gasteiger partial charge in [-0.2, -0.15) is 13.2 Å². The molecule has 0 spiro atoms. The summed E-state index contributed by atoms with van der Waals surface area (Å²) in [5.41, 5.74) is 0. The summed E-state index contributed by atoms with van der Waals surface area (Å²) in [6.45, 7) is -0.873. The molecule has 7 heteroatoms. The van der Waals surface area contributed by atoms with Crippen LogP contribution in [0.4, 0.5) is 18.0 Å². The van der Waals surface area contributed by atoms with Gasteiger partial charge in [0.05, 0.1) is 0 Å². The van der Waals surface area contributed by atoms with Gasteiger partial charge in [-0.05, 0) is 12.1 Å². The lowest BCUT2D eigenvalue weighted by atomic mass is 10.6. The number of hydrogen-bond acceptors (Lipinski definition) is 2. The molecular formula is C9H11F3N2O2. The van der Waals surface area contributed by atoms with Crippen molar-refractivity contribution in [1.29, 1.82) is 0 Å². The van der Waals surface area contributed by atoms with Crippen molar-refractivity contribution in [2.75, 3.05) is 13.2 Å². The molecule has 1 heterocycles. The van der Waals surface area contributed by atoms with E-state index in [0.29, 0.717) is 6.54 Å². The Morgan fingerprint density at radius 2 is 1.94 bits per heavy atom. The second-order valence-corrected chi connectivity index (χ2v) is 3.04. The molecular weight excluding hydrogens is 225 g/mol. The van der Waals surface area contributed by atoms with E-state index in [9.17, 15) is 18.0 Å². The van der Waals surface area contributed by atoms with Gasteiger partial charge in [0.25, 0.3) is 0 Å². The van der Waals surface area contributed by atoms with E-state index < -0.39 is 18.9 Å². The van der Waals surface area contributed by atoms with Crippen LogP contribution in [0.15, 0.2) is 24.5 Å². The summed E-state index contributed by atoms with van der Waals surface area (Å²) in [4.78, 5) is 10.8. The summed E-state index contributed by atoms with van der Waals surface area (Å²) >= 11 is 0. The normalized spacial score (nSPS) is 11.2. The van der Waals surface area contributed by atoms with Gasteiger partial charge in [0, 0.05) is 25.5 Å². The van der Waals surface area contributed by atoms with Crippen molar-refractivity contribution in [3.8, 4) is 0 Å². The fraction of sp³-hybridized carbons (Fsp3) is 0.444. The molecule has 1 N–H and O–H groups in total. The van der Waals surface area contributed by atoms with Crippen LogP contribution >= 0.6 is 0 Å². The topological polar surface area (TPSA) is 43.3 Å². The van der Waals surface area contributed by atoms with Crippen molar-refractivity contribution < 1.29 is 22.7 Å². The first kappa shape index (κ1) is 12.4. The van der Waals surface area contributed by atoms with Crippen LogP contribution in [0.3, 0.4) is 0 Å². The zero-order valence-corrected chi connectivity index (χ0v) is 8.33. The molecule has 0 saturated carbocycles. The number of alkyl halides is 3. The van der Waals surface area contributed by atoms with E-state index in [2.05, 4.69) is 10.1 Å². The molecule has 0 saturated heterocycles. The molecule has 0 aliphatic heterocycles. The lowest BCUT2D eigenvalue weighted by molar-refractivity contribution is -0.160. The zero-order chi connectivity index (χ0) is 12.0. The van der Waals surface area contributed by atoms with E-state index in [1.165, 1.54) is 0 Å². The third kappa shape index (κ3) is 5.28. The Morgan fingerprint density at radius 3 is 2.50 bits per heavy atom. The maximum absolute atomic E-state index is 11.7.